The molecule has 1 aromatic carbocycles. The summed E-state index contributed by atoms with van der Waals surface area (Å²) in [5.41, 5.74) is 1.45. The van der Waals surface area contributed by atoms with Crippen molar-refractivity contribution in [2.75, 3.05) is 13.1 Å². The molecule has 0 radical (unpaired) electrons. The van der Waals surface area contributed by atoms with Crippen LogP contribution < -0.4 is 5.32 Å². The molecule has 1 saturated heterocycles. The average molecular weight is 438 g/mol. The number of likely N-dealkylation sites (tertiary alicyclic amines) is 1. The number of fused-ring (bicyclic) bond motifs is 1. The Morgan fingerprint density at radius 2 is 1.86 bits per heavy atom. The third-order valence-electron chi connectivity index (χ3n) is 5.57. The molecule has 8 nitrogen and oxygen atoms in total. The first-order valence-corrected chi connectivity index (χ1v) is 10.2. The number of H-pyrrole nitrogens is 1. The molecule has 1 aromatic heterocycles. The summed E-state index contributed by atoms with van der Waals surface area (Å²) in [7, 11) is 0. The summed E-state index contributed by atoms with van der Waals surface area (Å²) in [6.45, 7) is 1.73. The normalized spacial score (nSPS) is 23.1. The summed E-state index contributed by atoms with van der Waals surface area (Å²) in [6, 6.07) is 5.08. The third-order valence-corrected chi connectivity index (χ3v) is 6.01. The molecule has 4 rings (SSSR count). The molecule has 2 aromatic rings. The van der Waals surface area contributed by atoms with Crippen LogP contribution in [0.2, 0.25) is 10.0 Å². The van der Waals surface area contributed by atoms with Gasteiger partial charge in [-0.3, -0.25) is 4.79 Å². The maximum Gasteiger partial charge on any atom is 0.410 e. The van der Waals surface area contributed by atoms with Crippen LogP contribution in [0.3, 0.4) is 0 Å². The predicted molar refractivity (Wildman–Crippen MR) is 106 cm³/mol. The van der Waals surface area contributed by atoms with E-state index in [2.05, 4.69) is 20.7 Å². The summed E-state index contributed by atoms with van der Waals surface area (Å²) in [5, 5.41) is 14.1. The number of amides is 2. The molecule has 2 fully saturated rings. The Morgan fingerprint density at radius 1 is 1.17 bits per heavy atom. The van der Waals surface area contributed by atoms with Crippen LogP contribution in [-0.4, -0.2) is 45.4 Å². The van der Waals surface area contributed by atoms with Crippen LogP contribution in [0, 0.1) is 17.8 Å². The van der Waals surface area contributed by atoms with Gasteiger partial charge in [0.05, 0.1) is 12.7 Å². The molecule has 1 unspecified atom stereocenters. The van der Waals surface area contributed by atoms with Crippen molar-refractivity contribution in [3.05, 3.63) is 45.7 Å². The molecule has 10 heteroatoms. The summed E-state index contributed by atoms with van der Waals surface area (Å²) in [6.07, 6.45) is 2.80. The smallest absolute Gasteiger partial charge is 0.410 e. The Morgan fingerprint density at radius 3 is 2.48 bits per heavy atom. The average Bonchev–Trinajstić information content (AvgIpc) is 3.39. The number of hydrogen-bond donors (Lipinski definition) is 2. The molecular weight excluding hydrogens is 417 g/mol. The van der Waals surface area contributed by atoms with E-state index in [1.807, 2.05) is 0 Å². The van der Waals surface area contributed by atoms with E-state index in [0.717, 1.165) is 18.4 Å². The lowest BCUT2D eigenvalue weighted by molar-refractivity contribution is -0.125. The van der Waals surface area contributed by atoms with E-state index in [1.165, 1.54) is 0 Å². The molecule has 29 heavy (non-hydrogen) atoms. The zero-order valence-electron chi connectivity index (χ0n) is 15.6. The van der Waals surface area contributed by atoms with Crippen molar-refractivity contribution < 1.29 is 14.3 Å². The van der Waals surface area contributed by atoms with Crippen LogP contribution in [0.1, 0.15) is 24.1 Å². The van der Waals surface area contributed by atoms with Gasteiger partial charge in [0, 0.05) is 29.1 Å². The molecule has 0 bridgehead atoms. The van der Waals surface area contributed by atoms with E-state index in [4.69, 9.17) is 27.9 Å². The van der Waals surface area contributed by atoms with Gasteiger partial charge in [-0.25, -0.2) is 4.79 Å². The maximum atomic E-state index is 12.4. The quantitative estimate of drug-likeness (QED) is 0.748. The zero-order valence-corrected chi connectivity index (χ0v) is 17.1. The highest BCUT2D eigenvalue weighted by Gasteiger charge is 2.44. The van der Waals surface area contributed by atoms with E-state index in [9.17, 15) is 9.59 Å². The number of nitrogens with zero attached hydrogens (tertiary/aromatic N) is 3. The molecular formula is C19H21Cl2N5O3. The lowest BCUT2D eigenvalue weighted by Crippen LogP contribution is -2.33. The Balaban J connectivity index is 1.23. The molecule has 3 atom stereocenters. The number of ether oxygens (including phenoxy) is 1. The van der Waals surface area contributed by atoms with E-state index < -0.39 is 0 Å². The van der Waals surface area contributed by atoms with Crippen LogP contribution in [-0.2, 0) is 22.7 Å². The van der Waals surface area contributed by atoms with Crippen molar-refractivity contribution in [1.29, 1.82) is 0 Å². The van der Waals surface area contributed by atoms with Crippen molar-refractivity contribution in [3.8, 4) is 0 Å². The van der Waals surface area contributed by atoms with E-state index in [0.29, 0.717) is 47.2 Å². The Kier molecular flexibility index (Phi) is 5.91. The van der Waals surface area contributed by atoms with Crippen LogP contribution in [0.5, 0.6) is 0 Å². The van der Waals surface area contributed by atoms with Gasteiger partial charge in [0.15, 0.2) is 0 Å². The second kappa shape index (κ2) is 8.59. The minimum Gasteiger partial charge on any atom is -0.445 e. The largest absolute Gasteiger partial charge is 0.445 e. The number of benzene rings is 1. The van der Waals surface area contributed by atoms with Crippen molar-refractivity contribution >= 4 is 35.2 Å². The van der Waals surface area contributed by atoms with Crippen LogP contribution in [0.25, 0.3) is 0 Å². The van der Waals surface area contributed by atoms with Gasteiger partial charge in [-0.05, 0) is 48.4 Å². The Labute approximate surface area is 177 Å². The Hall–Kier alpha value is -2.32. The number of aromatic nitrogens is 3. The second-order valence-electron chi connectivity index (χ2n) is 7.60. The van der Waals surface area contributed by atoms with Crippen LogP contribution >= 0.6 is 23.2 Å². The number of aromatic amines is 1. The summed E-state index contributed by atoms with van der Waals surface area (Å²) in [5.74, 6) is 0.662. The van der Waals surface area contributed by atoms with E-state index in [1.54, 1.807) is 29.3 Å². The molecule has 2 N–H and O–H groups in total. The first-order valence-electron chi connectivity index (χ1n) is 9.47. The zero-order chi connectivity index (χ0) is 20.4. The van der Waals surface area contributed by atoms with Crippen molar-refractivity contribution in [1.82, 2.24) is 25.6 Å². The van der Waals surface area contributed by atoms with Gasteiger partial charge in [0.25, 0.3) is 0 Å². The van der Waals surface area contributed by atoms with E-state index in [-0.39, 0.29) is 24.5 Å². The number of hydrogen-bond acceptors (Lipinski definition) is 5. The second-order valence-corrected chi connectivity index (χ2v) is 8.48. The highest BCUT2D eigenvalue weighted by atomic mass is 35.5. The summed E-state index contributed by atoms with van der Waals surface area (Å²) >= 11 is 11.9. The lowest BCUT2D eigenvalue weighted by Gasteiger charge is -2.19. The number of nitrogens with one attached hydrogen (secondary N) is 2. The molecule has 2 amide bonds. The number of carbonyl (C=O) groups is 2. The first kappa shape index (κ1) is 20.0. The third kappa shape index (κ3) is 4.82. The summed E-state index contributed by atoms with van der Waals surface area (Å²) in [4.78, 5) is 26.5. The SMILES string of the molecule is O=C(NCc1cn[nH]n1)C1C[C@@H]2CN(C(=O)OCc3cc(Cl)cc(Cl)c3)C[C@@H]2C1. The fourth-order valence-corrected chi connectivity index (χ4v) is 4.80. The highest BCUT2D eigenvalue weighted by Crippen LogP contribution is 2.41. The first-order chi connectivity index (χ1) is 14.0. The monoisotopic (exact) mass is 437 g/mol. The van der Waals surface area contributed by atoms with Gasteiger partial charge in [-0.2, -0.15) is 15.4 Å². The highest BCUT2D eigenvalue weighted by molar-refractivity contribution is 6.34. The van der Waals surface area contributed by atoms with Gasteiger partial charge in [-0.1, -0.05) is 23.2 Å². The molecule has 154 valence electrons. The van der Waals surface area contributed by atoms with Crippen LogP contribution in [0.15, 0.2) is 24.4 Å². The lowest BCUT2D eigenvalue weighted by atomic mass is 10.0. The van der Waals surface area contributed by atoms with Crippen molar-refractivity contribution in [3.63, 3.8) is 0 Å². The standard InChI is InChI=1S/C19H21Cl2N5O3/c20-15-1-11(2-16(21)5-15)10-29-19(28)26-8-13-3-12(4-14(13)9-26)18(27)22-6-17-7-23-25-24-17/h1-2,5,7,12-14H,3-4,6,8-10H2,(H,22,27)(H,23,24,25)/t12?,13-,14+. The fraction of sp³-hybridized carbons (Fsp3) is 0.474. The van der Waals surface area contributed by atoms with Crippen molar-refractivity contribution in [2.45, 2.75) is 26.0 Å². The topological polar surface area (TPSA) is 100 Å². The summed E-state index contributed by atoms with van der Waals surface area (Å²) < 4.78 is 5.42. The Bertz CT molecular complexity index is 858. The van der Waals surface area contributed by atoms with Gasteiger partial charge in [0.1, 0.15) is 12.3 Å². The number of halogens is 2. The molecule has 1 aliphatic carbocycles. The molecule has 2 aliphatic rings. The molecule has 1 aliphatic heterocycles. The fourth-order valence-electron chi connectivity index (χ4n) is 4.23. The van der Waals surface area contributed by atoms with Gasteiger partial charge in [0.2, 0.25) is 5.91 Å². The minimum absolute atomic E-state index is 0.0244. The molecule has 2 heterocycles. The van der Waals surface area contributed by atoms with Crippen LogP contribution in [0.4, 0.5) is 4.79 Å². The molecule has 1 saturated carbocycles. The minimum atomic E-state index is -0.345. The maximum absolute atomic E-state index is 12.4. The number of rotatable bonds is 5. The predicted octanol–water partition coefficient (Wildman–Crippen LogP) is 3.02. The van der Waals surface area contributed by atoms with Gasteiger partial charge < -0.3 is 15.0 Å². The number of carbonyl (C=O) groups excluding carboxylic acids is 2. The molecule has 0 spiro atoms. The van der Waals surface area contributed by atoms with Gasteiger partial charge in [-0.15, -0.1) is 0 Å². The van der Waals surface area contributed by atoms with E-state index >= 15 is 0 Å². The van der Waals surface area contributed by atoms with Crippen molar-refractivity contribution in [2.24, 2.45) is 17.8 Å². The van der Waals surface area contributed by atoms with Gasteiger partial charge >= 0.3 is 6.09 Å².